The molecule has 8 N–H and O–H groups in total. The molecule has 6 aromatic rings. The van der Waals surface area contributed by atoms with Crippen molar-refractivity contribution in [3.63, 3.8) is 0 Å². The Bertz CT molecular complexity index is 2300. The van der Waals surface area contributed by atoms with Crippen LogP contribution in [0, 0.1) is 13.8 Å². The number of rotatable bonds is 9. The second-order valence-corrected chi connectivity index (χ2v) is 13.0. The van der Waals surface area contributed by atoms with Crippen LogP contribution in [0.3, 0.4) is 0 Å². The van der Waals surface area contributed by atoms with Crippen molar-refractivity contribution >= 4 is 11.7 Å². The fraction of sp³-hybridized carbons (Fsp3) is 0.163. The van der Waals surface area contributed by atoms with Gasteiger partial charge in [-0.1, -0.05) is 84.3 Å². The van der Waals surface area contributed by atoms with E-state index in [1.54, 1.807) is 30.5 Å². The first-order chi connectivity index (χ1) is 26.3. The average Bonchev–Trinajstić information content (AvgIpc) is 3.52. The van der Waals surface area contributed by atoms with Gasteiger partial charge in [-0.25, -0.2) is 0 Å². The van der Waals surface area contributed by atoms with Gasteiger partial charge in [-0.2, -0.15) is 13.2 Å². The van der Waals surface area contributed by atoms with Crippen LogP contribution in [0.4, 0.5) is 13.2 Å². The molecule has 0 fully saturated rings. The number of nitrogens with two attached hydrogens (primary N) is 2. The molecule has 6 rings (SSSR count). The number of phenols is 2. The lowest BCUT2D eigenvalue weighted by Crippen LogP contribution is -2.20. The highest BCUT2D eigenvalue weighted by Gasteiger charge is 2.33. The molecule has 9 nitrogen and oxygen atoms in total. The number of aromatic nitrogens is 1. The Labute approximate surface area is 316 Å². The lowest BCUT2D eigenvalue weighted by Gasteiger charge is -2.21. The monoisotopic (exact) mass is 749 g/mol. The standard InChI is InChI=1S/C23H24N2O2.C20H18F3N3O2/c1-2-3-7-16-14-20(17-10-12-19(26)13-11-17)22(18-8-5-4-6-9-18)21(15-16)23(24)25-27;1-11-3-4-12(2)26(11)18-16(13-5-7-15(27)8-6-13)9-14(20(21,22)23)10-17(18)19(24)25-28/h4-6,8-15,26-27H,2-3,7H2,1H3,(H2,24,25);3-10,27-28H,1-2H3,(H2,24,25). The van der Waals surface area contributed by atoms with Crippen LogP contribution >= 0.6 is 0 Å². The van der Waals surface area contributed by atoms with Gasteiger partial charge in [-0.3, -0.25) is 0 Å². The van der Waals surface area contributed by atoms with Gasteiger partial charge >= 0.3 is 6.18 Å². The van der Waals surface area contributed by atoms with E-state index < -0.39 is 17.6 Å². The number of halogens is 3. The summed E-state index contributed by atoms with van der Waals surface area (Å²) >= 11 is 0. The summed E-state index contributed by atoms with van der Waals surface area (Å²) in [5.74, 6) is -0.137. The number of alkyl halides is 3. The Morgan fingerprint density at radius 2 is 1.18 bits per heavy atom. The van der Waals surface area contributed by atoms with Crippen molar-refractivity contribution in [2.75, 3.05) is 0 Å². The SMILES string of the molecule is CCCCc1cc(C(N)=NO)c(-c2ccccc2)c(-c2ccc(O)cc2)c1.Cc1ccc(C)n1-c1c(C(N)=NO)cc(C(F)(F)F)cc1-c1ccc(O)cc1. The van der Waals surface area contributed by atoms with Crippen molar-refractivity contribution in [1.82, 2.24) is 4.57 Å². The van der Waals surface area contributed by atoms with E-state index in [0.717, 1.165) is 70.6 Å². The molecule has 12 heteroatoms. The molecule has 0 atom stereocenters. The number of hydrogen-bond donors (Lipinski definition) is 6. The van der Waals surface area contributed by atoms with Gasteiger partial charge in [0.1, 0.15) is 11.5 Å². The zero-order valence-corrected chi connectivity index (χ0v) is 30.5. The van der Waals surface area contributed by atoms with Crippen LogP contribution in [0.15, 0.2) is 126 Å². The van der Waals surface area contributed by atoms with Crippen LogP contribution in [-0.4, -0.2) is 36.9 Å². The zero-order valence-electron chi connectivity index (χ0n) is 30.5. The van der Waals surface area contributed by atoms with Gasteiger partial charge in [0.15, 0.2) is 11.7 Å². The lowest BCUT2D eigenvalue weighted by atomic mass is 9.87. The molecule has 0 bridgehead atoms. The topological polar surface area (TPSA) is 163 Å². The average molecular weight is 750 g/mol. The lowest BCUT2D eigenvalue weighted by molar-refractivity contribution is -0.137. The van der Waals surface area contributed by atoms with Crippen molar-refractivity contribution in [1.29, 1.82) is 0 Å². The molecule has 5 aromatic carbocycles. The van der Waals surface area contributed by atoms with E-state index in [2.05, 4.69) is 23.3 Å². The van der Waals surface area contributed by atoms with Gasteiger partial charge in [0.25, 0.3) is 0 Å². The molecule has 1 heterocycles. The molecule has 0 aliphatic heterocycles. The number of nitrogens with zero attached hydrogens (tertiary/aromatic N) is 3. The van der Waals surface area contributed by atoms with Crippen LogP contribution in [0.25, 0.3) is 39.1 Å². The summed E-state index contributed by atoms with van der Waals surface area (Å²) in [7, 11) is 0. The molecule has 0 saturated heterocycles. The second kappa shape index (κ2) is 17.0. The Hall–Kier alpha value is -6.69. The summed E-state index contributed by atoms with van der Waals surface area (Å²) in [6, 6.07) is 32.6. The Morgan fingerprint density at radius 1 is 0.655 bits per heavy atom. The van der Waals surface area contributed by atoms with Gasteiger partial charge in [0.05, 0.1) is 11.3 Å². The third kappa shape index (κ3) is 8.93. The van der Waals surface area contributed by atoms with E-state index in [0.29, 0.717) is 16.8 Å². The Kier molecular flexibility index (Phi) is 12.2. The number of hydrogen-bond acceptors (Lipinski definition) is 6. The van der Waals surface area contributed by atoms with Gasteiger partial charge < -0.3 is 36.7 Å². The number of amidine groups is 2. The van der Waals surface area contributed by atoms with Gasteiger partial charge in [0.2, 0.25) is 0 Å². The maximum Gasteiger partial charge on any atom is 0.416 e. The maximum atomic E-state index is 13.5. The minimum Gasteiger partial charge on any atom is -0.508 e. The molecule has 0 aliphatic rings. The van der Waals surface area contributed by atoms with Crippen LogP contribution < -0.4 is 11.5 Å². The highest BCUT2D eigenvalue weighted by molar-refractivity contribution is 6.07. The molecule has 0 amide bonds. The van der Waals surface area contributed by atoms with Crippen LogP contribution in [0.1, 0.15) is 53.4 Å². The fourth-order valence-electron chi connectivity index (χ4n) is 6.44. The summed E-state index contributed by atoms with van der Waals surface area (Å²) < 4.78 is 42.4. The predicted octanol–water partition coefficient (Wildman–Crippen LogP) is 9.74. The van der Waals surface area contributed by atoms with Crippen molar-refractivity contribution in [2.45, 2.75) is 46.2 Å². The predicted molar refractivity (Wildman–Crippen MR) is 210 cm³/mol. The quantitative estimate of drug-likeness (QED) is 0.0373. The summed E-state index contributed by atoms with van der Waals surface area (Å²) in [6.07, 6.45) is -1.55. The van der Waals surface area contributed by atoms with Crippen LogP contribution in [0.2, 0.25) is 0 Å². The molecule has 0 saturated carbocycles. The largest absolute Gasteiger partial charge is 0.508 e. The fourth-order valence-corrected chi connectivity index (χ4v) is 6.44. The van der Waals surface area contributed by atoms with E-state index >= 15 is 0 Å². The third-order valence-corrected chi connectivity index (χ3v) is 9.14. The number of aromatic hydroxyl groups is 2. The summed E-state index contributed by atoms with van der Waals surface area (Å²) in [5, 5.41) is 44.0. The second-order valence-electron chi connectivity index (χ2n) is 13.0. The van der Waals surface area contributed by atoms with Gasteiger partial charge in [0, 0.05) is 33.6 Å². The summed E-state index contributed by atoms with van der Waals surface area (Å²) in [5.41, 5.74) is 19.1. The van der Waals surface area contributed by atoms with Crippen LogP contribution in [-0.2, 0) is 12.6 Å². The molecular formula is C43H42F3N5O4. The molecule has 0 aliphatic carbocycles. The van der Waals surface area contributed by atoms with Crippen molar-refractivity contribution in [2.24, 2.45) is 21.8 Å². The van der Waals surface area contributed by atoms with Crippen LogP contribution in [0.5, 0.6) is 11.5 Å². The number of aryl methyl sites for hydroxylation is 3. The molecule has 0 unspecified atom stereocenters. The van der Waals surface area contributed by atoms with Gasteiger partial charge in [-0.05, 0) is 109 Å². The van der Waals surface area contributed by atoms with E-state index in [-0.39, 0.29) is 28.5 Å². The molecular weight excluding hydrogens is 707 g/mol. The molecule has 0 spiro atoms. The molecule has 55 heavy (non-hydrogen) atoms. The Balaban J connectivity index is 0.000000211. The van der Waals surface area contributed by atoms with E-state index in [1.807, 2.05) is 60.7 Å². The summed E-state index contributed by atoms with van der Waals surface area (Å²) in [6.45, 7) is 5.77. The van der Waals surface area contributed by atoms with Gasteiger partial charge in [-0.15, -0.1) is 0 Å². The van der Waals surface area contributed by atoms with E-state index in [9.17, 15) is 33.8 Å². The third-order valence-electron chi connectivity index (χ3n) is 9.14. The van der Waals surface area contributed by atoms with Crippen molar-refractivity contribution in [3.8, 4) is 50.6 Å². The van der Waals surface area contributed by atoms with E-state index in [4.69, 9.17) is 11.5 Å². The summed E-state index contributed by atoms with van der Waals surface area (Å²) in [4.78, 5) is 0. The normalized spacial score (nSPS) is 12.0. The molecule has 284 valence electrons. The van der Waals surface area contributed by atoms with Crippen molar-refractivity contribution < 1.29 is 33.8 Å². The number of oxime groups is 2. The first-order valence-corrected chi connectivity index (χ1v) is 17.4. The Morgan fingerprint density at radius 3 is 1.69 bits per heavy atom. The first-order valence-electron chi connectivity index (χ1n) is 17.4. The maximum absolute atomic E-state index is 13.5. The first kappa shape index (κ1) is 39.5. The highest BCUT2D eigenvalue weighted by Crippen LogP contribution is 2.40. The number of phenolic OH excluding ortho intramolecular Hbond substituents is 2. The molecule has 0 radical (unpaired) electrons. The molecule has 1 aromatic heterocycles. The van der Waals surface area contributed by atoms with Crippen molar-refractivity contribution in [3.05, 3.63) is 149 Å². The minimum atomic E-state index is -4.63. The smallest absolute Gasteiger partial charge is 0.416 e. The number of benzene rings is 5. The minimum absolute atomic E-state index is 0.0118. The van der Waals surface area contributed by atoms with E-state index in [1.165, 1.54) is 24.3 Å². The zero-order chi connectivity index (χ0) is 39.9. The highest BCUT2D eigenvalue weighted by atomic mass is 19.4. The number of unbranched alkanes of at least 4 members (excludes halogenated alkanes) is 1.